The third-order valence-electron chi connectivity index (χ3n) is 5.32. The van der Waals surface area contributed by atoms with Gasteiger partial charge in [-0.15, -0.1) is 6.58 Å². The van der Waals surface area contributed by atoms with Crippen LogP contribution in [-0.4, -0.2) is 47.0 Å². The van der Waals surface area contributed by atoms with Gasteiger partial charge in [0.1, 0.15) is 17.7 Å². The molecule has 1 aromatic carbocycles. The van der Waals surface area contributed by atoms with Gasteiger partial charge >= 0.3 is 6.09 Å². The summed E-state index contributed by atoms with van der Waals surface area (Å²) in [5.74, 6) is -0.658. The molecule has 0 aliphatic rings. The van der Waals surface area contributed by atoms with Crippen LogP contribution in [0.1, 0.15) is 77.1 Å². The number of benzene rings is 1. The van der Waals surface area contributed by atoms with E-state index in [0.717, 1.165) is 29.5 Å². The lowest BCUT2D eigenvalue weighted by molar-refractivity contribution is -0.141. The lowest BCUT2D eigenvalue weighted by Gasteiger charge is -2.34. The van der Waals surface area contributed by atoms with E-state index >= 15 is 0 Å². The summed E-state index contributed by atoms with van der Waals surface area (Å²) in [5.41, 5.74) is 2.02. The molecule has 184 valence electrons. The van der Waals surface area contributed by atoms with Gasteiger partial charge in [-0.3, -0.25) is 9.59 Å². The second-order valence-electron chi connectivity index (χ2n) is 9.54. The molecule has 0 spiro atoms. The standard InChI is InChI=1S/C26H41N3O4/c1-10-13-18(4)27-23(30)22(21-15-12-14-17(3)19(21)5)29(16-11-2)24(31)20(6)28-25(32)33-26(7,8)9/h11-12,14-15,18,20,22H,2,10,13,16H2,1,3-9H3,(H,27,30)(H,28,32). The monoisotopic (exact) mass is 459 g/mol. The van der Waals surface area contributed by atoms with Crippen LogP contribution in [0.2, 0.25) is 0 Å². The van der Waals surface area contributed by atoms with Crippen molar-refractivity contribution in [3.05, 3.63) is 47.5 Å². The minimum atomic E-state index is -0.895. The summed E-state index contributed by atoms with van der Waals surface area (Å²) in [4.78, 5) is 40.7. The molecule has 0 fully saturated rings. The van der Waals surface area contributed by atoms with Crippen molar-refractivity contribution in [3.63, 3.8) is 0 Å². The molecule has 1 aromatic rings. The van der Waals surface area contributed by atoms with E-state index in [2.05, 4.69) is 24.1 Å². The molecule has 2 N–H and O–H groups in total. The Hall–Kier alpha value is -2.83. The Morgan fingerprint density at radius 1 is 1.15 bits per heavy atom. The van der Waals surface area contributed by atoms with Gasteiger partial charge in [0.05, 0.1) is 0 Å². The SMILES string of the molecule is C=CCN(C(=O)C(C)NC(=O)OC(C)(C)C)C(C(=O)NC(C)CCC)c1cccc(C)c1C. The molecule has 0 aliphatic heterocycles. The van der Waals surface area contributed by atoms with Gasteiger partial charge in [-0.1, -0.05) is 37.6 Å². The number of carbonyl (C=O) groups excluding carboxylic acids is 3. The molecule has 7 heteroatoms. The summed E-state index contributed by atoms with van der Waals surface area (Å²) in [6, 6.07) is 3.93. The largest absolute Gasteiger partial charge is 0.444 e. The summed E-state index contributed by atoms with van der Waals surface area (Å²) in [7, 11) is 0. The molecule has 3 atom stereocenters. The van der Waals surface area contributed by atoms with E-state index in [4.69, 9.17) is 4.74 Å². The fraction of sp³-hybridized carbons (Fsp3) is 0.577. The first kappa shape index (κ1) is 28.2. The van der Waals surface area contributed by atoms with Gasteiger partial charge < -0.3 is 20.3 Å². The van der Waals surface area contributed by atoms with Crippen LogP contribution in [-0.2, 0) is 14.3 Å². The normalized spacial score (nSPS) is 13.9. The van der Waals surface area contributed by atoms with Gasteiger partial charge in [-0.05, 0) is 71.6 Å². The number of alkyl carbamates (subject to hydrolysis) is 1. The number of carbonyl (C=O) groups is 3. The zero-order chi connectivity index (χ0) is 25.3. The first-order chi connectivity index (χ1) is 15.3. The molecule has 0 radical (unpaired) electrons. The predicted molar refractivity (Wildman–Crippen MR) is 132 cm³/mol. The number of hydrogen-bond donors (Lipinski definition) is 2. The van der Waals surface area contributed by atoms with E-state index in [9.17, 15) is 14.4 Å². The van der Waals surface area contributed by atoms with Crippen molar-refractivity contribution in [2.75, 3.05) is 6.54 Å². The molecule has 33 heavy (non-hydrogen) atoms. The van der Waals surface area contributed by atoms with Gasteiger partial charge in [0.2, 0.25) is 11.8 Å². The van der Waals surface area contributed by atoms with Crippen molar-refractivity contribution in [2.24, 2.45) is 0 Å². The van der Waals surface area contributed by atoms with Crippen LogP contribution in [0, 0.1) is 13.8 Å². The maximum absolute atomic E-state index is 13.5. The Labute approximate surface area is 198 Å². The van der Waals surface area contributed by atoms with E-state index in [0.29, 0.717) is 0 Å². The molecule has 3 amide bonds. The Balaban J connectivity index is 3.35. The number of nitrogens with one attached hydrogen (secondary N) is 2. The van der Waals surface area contributed by atoms with Crippen LogP contribution in [0.25, 0.3) is 0 Å². The number of nitrogens with zero attached hydrogens (tertiary/aromatic N) is 1. The van der Waals surface area contributed by atoms with Crippen molar-refractivity contribution in [2.45, 2.75) is 92.0 Å². The fourth-order valence-corrected chi connectivity index (χ4v) is 3.60. The number of hydrogen-bond acceptors (Lipinski definition) is 4. The molecular formula is C26H41N3O4. The van der Waals surface area contributed by atoms with Crippen LogP contribution >= 0.6 is 0 Å². The Morgan fingerprint density at radius 3 is 2.33 bits per heavy atom. The van der Waals surface area contributed by atoms with Crippen molar-refractivity contribution in [3.8, 4) is 0 Å². The van der Waals surface area contributed by atoms with Crippen molar-refractivity contribution >= 4 is 17.9 Å². The minimum absolute atomic E-state index is 0.0342. The first-order valence-corrected chi connectivity index (χ1v) is 11.6. The summed E-state index contributed by atoms with van der Waals surface area (Å²) >= 11 is 0. The highest BCUT2D eigenvalue weighted by atomic mass is 16.6. The van der Waals surface area contributed by atoms with Gasteiger partial charge in [0.15, 0.2) is 0 Å². The average molecular weight is 460 g/mol. The van der Waals surface area contributed by atoms with Crippen LogP contribution < -0.4 is 10.6 Å². The second-order valence-corrected chi connectivity index (χ2v) is 9.54. The van der Waals surface area contributed by atoms with Crippen LogP contribution in [0.4, 0.5) is 4.79 Å². The number of ether oxygens (including phenoxy) is 1. The fourth-order valence-electron chi connectivity index (χ4n) is 3.60. The van der Waals surface area contributed by atoms with E-state index in [-0.39, 0.29) is 18.5 Å². The van der Waals surface area contributed by atoms with Gasteiger partial charge in [-0.2, -0.15) is 0 Å². The molecule has 1 rings (SSSR count). The van der Waals surface area contributed by atoms with Gasteiger partial charge in [0.25, 0.3) is 0 Å². The van der Waals surface area contributed by atoms with E-state index < -0.39 is 29.7 Å². The molecule has 0 aromatic heterocycles. The smallest absolute Gasteiger partial charge is 0.408 e. The predicted octanol–water partition coefficient (Wildman–Crippen LogP) is 4.58. The third kappa shape index (κ3) is 8.56. The topological polar surface area (TPSA) is 87.7 Å². The zero-order valence-corrected chi connectivity index (χ0v) is 21.5. The molecule has 0 heterocycles. The summed E-state index contributed by atoms with van der Waals surface area (Å²) in [5, 5.41) is 5.64. The van der Waals surface area contributed by atoms with Gasteiger partial charge in [-0.25, -0.2) is 4.79 Å². The Morgan fingerprint density at radius 2 is 1.79 bits per heavy atom. The zero-order valence-electron chi connectivity index (χ0n) is 21.5. The Bertz CT molecular complexity index is 844. The van der Waals surface area contributed by atoms with Crippen LogP contribution in [0.3, 0.4) is 0 Å². The maximum atomic E-state index is 13.5. The molecular weight excluding hydrogens is 418 g/mol. The first-order valence-electron chi connectivity index (χ1n) is 11.6. The highest BCUT2D eigenvalue weighted by Gasteiger charge is 2.35. The summed E-state index contributed by atoms with van der Waals surface area (Å²) in [6.45, 7) is 18.7. The quantitative estimate of drug-likeness (QED) is 0.502. The van der Waals surface area contributed by atoms with E-state index in [1.54, 1.807) is 33.8 Å². The molecule has 0 bridgehead atoms. The summed E-state index contributed by atoms with van der Waals surface area (Å²) in [6.07, 6.45) is 2.66. The Kier molecular flexibility index (Phi) is 10.6. The number of aryl methyl sites for hydroxylation is 1. The molecule has 3 unspecified atom stereocenters. The van der Waals surface area contributed by atoms with E-state index in [1.165, 1.54) is 4.90 Å². The van der Waals surface area contributed by atoms with Gasteiger partial charge in [0, 0.05) is 12.6 Å². The number of rotatable bonds is 10. The molecule has 0 aliphatic carbocycles. The van der Waals surface area contributed by atoms with Crippen molar-refractivity contribution < 1.29 is 19.1 Å². The lowest BCUT2D eigenvalue weighted by atomic mass is 9.94. The van der Waals surface area contributed by atoms with Crippen molar-refractivity contribution in [1.29, 1.82) is 0 Å². The third-order valence-corrected chi connectivity index (χ3v) is 5.32. The highest BCUT2D eigenvalue weighted by Crippen LogP contribution is 2.27. The average Bonchev–Trinajstić information content (AvgIpc) is 2.68. The molecule has 7 nitrogen and oxygen atoms in total. The van der Waals surface area contributed by atoms with E-state index in [1.807, 2.05) is 39.0 Å². The molecule has 0 saturated carbocycles. The van der Waals surface area contributed by atoms with Crippen molar-refractivity contribution in [1.82, 2.24) is 15.5 Å². The number of amides is 3. The summed E-state index contributed by atoms with van der Waals surface area (Å²) < 4.78 is 5.28. The minimum Gasteiger partial charge on any atom is -0.444 e. The van der Waals surface area contributed by atoms with Crippen LogP contribution in [0.5, 0.6) is 0 Å². The highest BCUT2D eigenvalue weighted by molar-refractivity contribution is 5.92. The van der Waals surface area contributed by atoms with Crippen LogP contribution in [0.15, 0.2) is 30.9 Å². The maximum Gasteiger partial charge on any atom is 0.408 e. The second kappa shape index (κ2) is 12.4. The molecule has 0 saturated heterocycles. The lowest BCUT2D eigenvalue weighted by Crippen LogP contribution is -2.52.